The van der Waals surface area contributed by atoms with Crippen LogP contribution in [0.4, 0.5) is 0 Å². The highest BCUT2D eigenvalue weighted by Crippen LogP contribution is 2.48. The van der Waals surface area contributed by atoms with Crippen molar-refractivity contribution < 1.29 is 4.79 Å². The van der Waals surface area contributed by atoms with E-state index in [9.17, 15) is 4.79 Å². The molecule has 2 aromatic heterocycles. The van der Waals surface area contributed by atoms with Gasteiger partial charge in [0.15, 0.2) is 5.78 Å². The summed E-state index contributed by atoms with van der Waals surface area (Å²) < 4.78 is 1.03. The van der Waals surface area contributed by atoms with Crippen molar-refractivity contribution in [1.29, 1.82) is 0 Å². The van der Waals surface area contributed by atoms with Crippen LogP contribution in [0.5, 0.6) is 0 Å². The third kappa shape index (κ3) is 2.06. The van der Waals surface area contributed by atoms with E-state index in [1.807, 2.05) is 30.3 Å². The van der Waals surface area contributed by atoms with Gasteiger partial charge < -0.3 is 0 Å². The lowest BCUT2D eigenvalue weighted by atomic mass is 9.65. The molecule has 1 fully saturated rings. The quantitative estimate of drug-likeness (QED) is 0.657. The zero-order valence-electron chi connectivity index (χ0n) is 11.8. The number of carbonyl (C=O) groups excluding carboxylic acids is 1. The Hall–Kier alpha value is -1.78. The van der Waals surface area contributed by atoms with E-state index >= 15 is 0 Å². The van der Waals surface area contributed by atoms with Crippen LogP contribution in [-0.2, 0) is 5.41 Å². The van der Waals surface area contributed by atoms with E-state index in [-0.39, 0.29) is 5.78 Å². The topological polar surface area (TPSA) is 42.9 Å². The van der Waals surface area contributed by atoms with Crippen molar-refractivity contribution in [3.05, 3.63) is 58.3 Å². The van der Waals surface area contributed by atoms with Gasteiger partial charge in [-0.05, 0) is 43.2 Å². The number of Topliss-reactive ketones (excluding diaryl/α,β-unsaturated/α-hetero) is 1. The molecule has 0 bridgehead atoms. The predicted molar refractivity (Wildman–Crippen MR) is 88.7 cm³/mol. The number of hydrogen-bond donors (Lipinski definition) is 0. The highest BCUT2D eigenvalue weighted by atomic mass is 35.5. The summed E-state index contributed by atoms with van der Waals surface area (Å²) in [6.45, 7) is 0. The second-order valence-electron chi connectivity index (χ2n) is 5.61. The Morgan fingerprint density at radius 2 is 2.09 bits per heavy atom. The smallest absolute Gasteiger partial charge is 0.194 e. The van der Waals surface area contributed by atoms with Crippen molar-refractivity contribution in [2.24, 2.45) is 0 Å². The molecule has 0 spiro atoms. The molecule has 0 radical (unpaired) electrons. The van der Waals surface area contributed by atoms with Crippen LogP contribution in [0.3, 0.4) is 0 Å². The molecule has 22 heavy (non-hydrogen) atoms. The molecule has 1 aliphatic rings. The second-order valence-corrected chi connectivity index (χ2v) is 7.08. The van der Waals surface area contributed by atoms with E-state index in [0.29, 0.717) is 10.7 Å². The molecule has 0 atom stereocenters. The minimum atomic E-state index is -0.496. The number of pyridine rings is 1. The van der Waals surface area contributed by atoms with Crippen LogP contribution in [0.15, 0.2) is 42.6 Å². The Kier molecular flexibility index (Phi) is 3.24. The van der Waals surface area contributed by atoms with E-state index in [2.05, 4.69) is 4.98 Å². The summed E-state index contributed by atoms with van der Waals surface area (Å²) in [6, 6.07) is 11.1. The van der Waals surface area contributed by atoms with Gasteiger partial charge in [-0.1, -0.05) is 24.1 Å². The molecular weight excluding hydrogens is 316 g/mol. The fraction of sp³-hybridized carbons (Fsp3) is 0.235. The maximum Gasteiger partial charge on any atom is 0.194 e. The Bertz CT molecular complexity index is 855. The zero-order chi connectivity index (χ0) is 15.2. The molecule has 5 heteroatoms. The van der Waals surface area contributed by atoms with Crippen molar-refractivity contribution in [3.8, 4) is 0 Å². The monoisotopic (exact) mass is 328 g/mol. The van der Waals surface area contributed by atoms with E-state index in [1.165, 1.54) is 0 Å². The summed E-state index contributed by atoms with van der Waals surface area (Å²) in [5, 5.41) is 1.59. The van der Waals surface area contributed by atoms with Gasteiger partial charge in [-0.25, -0.2) is 4.98 Å². The molecule has 3 aromatic rings. The molecule has 1 aliphatic carbocycles. The molecule has 1 saturated carbocycles. The first-order chi connectivity index (χ1) is 10.7. The van der Waals surface area contributed by atoms with Gasteiger partial charge in [0.1, 0.15) is 10.7 Å². The average Bonchev–Trinajstić information content (AvgIpc) is 2.90. The Labute approximate surface area is 137 Å². The number of ketones is 1. The molecule has 110 valence electrons. The number of aromatic nitrogens is 2. The molecule has 0 saturated heterocycles. The summed E-state index contributed by atoms with van der Waals surface area (Å²) in [5.41, 5.74) is 0.939. The highest BCUT2D eigenvalue weighted by molar-refractivity contribution is 7.18. The van der Waals surface area contributed by atoms with Crippen molar-refractivity contribution in [2.75, 3.05) is 0 Å². The molecule has 4 rings (SSSR count). The lowest BCUT2D eigenvalue weighted by molar-refractivity contribution is 0.0783. The standard InChI is InChI=1S/C17H13ClN2OS/c18-11-5-6-12-14(10-11)22-16(20-12)17(7-3-8-17)15(21)13-4-1-2-9-19-13/h1-2,4-6,9-10H,3,7-8H2. The number of hydrogen-bond acceptors (Lipinski definition) is 4. The van der Waals surface area contributed by atoms with Gasteiger partial charge in [0.25, 0.3) is 0 Å². The number of fused-ring (bicyclic) bond motifs is 1. The van der Waals surface area contributed by atoms with Crippen molar-refractivity contribution in [1.82, 2.24) is 9.97 Å². The Balaban J connectivity index is 1.81. The van der Waals surface area contributed by atoms with Gasteiger partial charge in [0.2, 0.25) is 0 Å². The van der Waals surface area contributed by atoms with Crippen molar-refractivity contribution >= 4 is 38.9 Å². The first-order valence-electron chi connectivity index (χ1n) is 7.21. The average molecular weight is 329 g/mol. The van der Waals surface area contributed by atoms with Crippen molar-refractivity contribution in [3.63, 3.8) is 0 Å². The fourth-order valence-corrected chi connectivity index (χ4v) is 4.40. The van der Waals surface area contributed by atoms with Gasteiger partial charge in [-0.2, -0.15) is 0 Å². The maximum atomic E-state index is 13.0. The summed E-state index contributed by atoms with van der Waals surface area (Å²) in [4.78, 5) is 21.9. The fourth-order valence-electron chi connectivity index (χ4n) is 2.91. The van der Waals surface area contributed by atoms with Crippen LogP contribution in [0, 0.1) is 0 Å². The number of benzene rings is 1. The third-order valence-corrected chi connectivity index (χ3v) is 5.76. The molecule has 0 N–H and O–H groups in total. The van der Waals surface area contributed by atoms with Crippen molar-refractivity contribution in [2.45, 2.75) is 24.7 Å². The molecule has 1 aromatic carbocycles. The van der Waals surface area contributed by atoms with Gasteiger partial charge in [-0.3, -0.25) is 9.78 Å². The second kappa shape index (κ2) is 5.14. The summed E-state index contributed by atoms with van der Waals surface area (Å²) in [6.07, 6.45) is 4.40. The minimum Gasteiger partial charge on any atom is -0.291 e. The van der Waals surface area contributed by atoms with E-state index in [0.717, 1.165) is 34.5 Å². The summed E-state index contributed by atoms with van der Waals surface area (Å²) in [5.74, 6) is 0.0875. The van der Waals surface area contributed by atoms with Crippen LogP contribution in [0.2, 0.25) is 5.02 Å². The third-order valence-electron chi connectivity index (χ3n) is 4.30. The van der Waals surface area contributed by atoms with Crippen LogP contribution in [0.25, 0.3) is 10.2 Å². The summed E-state index contributed by atoms with van der Waals surface area (Å²) in [7, 11) is 0. The van der Waals surface area contributed by atoms with E-state index in [4.69, 9.17) is 16.6 Å². The maximum absolute atomic E-state index is 13.0. The van der Waals surface area contributed by atoms with E-state index < -0.39 is 5.41 Å². The highest BCUT2D eigenvalue weighted by Gasteiger charge is 2.48. The number of nitrogens with zero attached hydrogens (tertiary/aromatic N) is 2. The molecule has 0 aliphatic heterocycles. The predicted octanol–water partition coefficient (Wildman–Crippen LogP) is 4.65. The van der Waals surface area contributed by atoms with Gasteiger partial charge in [0, 0.05) is 11.2 Å². The first kappa shape index (κ1) is 13.9. The van der Waals surface area contributed by atoms with Crippen LogP contribution in [-0.4, -0.2) is 15.8 Å². The first-order valence-corrected chi connectivity index (χ1v) is 8.41. The molecule has 0 unspecified atom stereocenters. The zero-order valence-corrected chi connectivity index (χ0v) is 13.3. The Morgan fingerprint density at radius 1 is 1.23 bits per heavy atom. The van der Waals surface area contributed by atoms with Gasteiger partial charge in [0.05, 0.1) is 15.6 Å². The summed E-state index contributed by atoms with van der Waals surface area (Å²) >= 11 is 7.62. The lowest BCUT2D eigenvalue weighted by Gasteiger charge is -2.38. The lowest BCUT2D eigenvalue weighted by Crippen LogP contribution is -2.42. The number of rotatable bonds is 3. The molecule has 2 heterocycles. The van der Waals surface area contributed by atoms with Crippen LogP contribution in [0.1, 0.15) is 34.8 Å². The van der Waals surface area contributed by atoms with E-state index in [1.54, 1.807) is 23.6 Å². The largest absolute Gasteiger partial charge is 0.291 e. The number of halogens is 1. The Morgan fingerprint density at radius 3 is 2.77 bits per heavy atom. The van der Waals surface area contributed by atoms with Crippen LogP contribution >= 0.6 is 22.9 Å². The minimum absolute atomic E-state index is 0.0875. The molecule has 3 nitrogen and oxygen atoms in total. The number of thiazole rings is 1. The number of carbonyl (C=O) groups is 1. The molecular formula is C17H13ClN2OS. The van der Waals surface area contributed by atoms with Crippen LogP contribution < -0.4 is 0 Å². The SMILES string of the molecule is O=C(c1ccccn1)C1(c2nc3ccc(Cl)cc3s2)CCC1. The molecule has 0 amide bonds. The van der Waals surface area contributed by atoms with Gasteiger partial charge >= 0.3 is 0 Å². The normalized spacial score (nSPS) is 16.4. The van der Waals surface area contributed by atoms with Gasteiger partial charge in [-0.15, -0.1) is 11.3 Å².